The number of amides is 2. The van der Waals surface area contributed by atoms with Gasteiger partial charge in [-0.05, 0) is 122 Å². The smallest absolute Gasteiger partial charge is 0.412 e. The van der Waals surface area contributed by atoms with E-state index < -0.39 is 52.7 Å². The van der Waals surface area contributed by atoms with Crippen molar-refractivity contribution in [2.75, 3.05) is 33.0 Å². The Morgan fingerprint density at radius 3 is 2.31 bits per heavy atom. The molecule has 2 amide bonds. The number of rotatable bonds is 31. The maximum absolute atomic E-state index is 15.3. The van der Waals surface area contributed by atoms with Gasteiger partial charge in [-0.1, -0.05) is 107 Å². The van der Waals surface area contributed by atoms with Crippen molar-refractivity contribution >= 4 is 29.5 Å². The van der Waals surface area contributed by atoms with E-state index in [2.05, 4.69) is 24.9 Å². The first-order valence-corrected chi connectivity index (χ1v) is 28.4. The lowest BCUT2D eigenvalue weighted by atomic mass is 9.55. The molecule has 0 spiro atoms. The van der Waals surface area contributed by atoms with Crippen LogP contribution in [0.25, 0.3) is 6.08 Å². The van der Waals surface area contributed by atoms with Crippen LogP contribution in [0.3, 0.4) is 0 Å². The predicted molar refractivity (Wildman–Crippen MR) is 295 cm³/mol. The number of benzene rings is 3. The average Bonchev–Trinajstić information content (AvgIpc) is 3.61. The van der Waals surface area contributed by atoms with E-state index in [4.69, 9.17) is 28.9 Å². The van der Waals surface area contributed by atoms with Crippen LogP contribution in [0.5, 0.6) is 11.5 Å². The molecule has 2 heterocycles. The molecule has 2 aliphatic carbocycles. The third-order valence-corrected chi connectivity index (χ3v) is 15.5. The zero-order chi connectivity index (χ0) is 54.4. The highest BCUT2D eigenvalue weighted by Gasteiger charge is 2.65. The number of halogens is 1. The van der Waals surface area contributed by atoms with Gasteiger partial charge in [0.15, 0.2) is 0 Å². The quantitative estimate of drug-likeness (QED) is 0.0183. The number of hydrogen-bond donors (Lipinski definition) is 3. The second-order valence-electron chi connectivity index (χ2n) is 20.9. The minimum atomic E-state index is -1.63. The topological polar surface area (TPSA) is 192 Å². The lowest BCUT2D eigenvalue weighted by molar-refractivity contribution is -0.384. The molecule has 0 bridgehead atoms. The van der Waals surface area contributed by atoms with Crippen LogP contribution in [0.4, 0.5) is 14.9 Å². The van der Waals surface area contributed by atoms with E-state index in [0.29, 0.717) is 73.6 Å². The van der Waals surface area contributed by atoms with Crippen molar-refractivity contribution in [2.45, 2.75) is 166 Å². The molecule has 77 heavy (non-hydrogen) atoms. The first-order chi connectivity index (χ1) is 37.6. The number of carbonyl (C=O) groups is 2. The molecule has 7 rings (SSSR count). The van der Waals surface area contributed by atoms with Crippen molar-refractivity contribution in [1.82, 2.24) is 10.2 Å². The van der Waals surface area contributed by atoms with Crippen molar-refractivity contribution in [1.29, 1.82) is 0 Å². The molecular weight excluding hydrogens is 984 g/mol. The van der Waals surface area contributed by atoms with Crippen LogP contribution in [0.2, 0.25) is 0 Å². The normalized spacial score (nSPS) is 23.1. The van der Waals surface area contributed by atoms with Gasteiger partial charge in [0.2, 0.25) is 18.0 Å². The number of unbranched alkanes of at least 4 members (excludes halogenated alkanes) is 11. The number of nitrogens with one attached hydrogen (secondary N) is 1. The van der Waals surface area contributed by atoms with Crippen LogP contribution in [-0.4, -0.2) is 88.8 Å². The Morgan fingerprint density at radius 2 is 1.64 bits per heavy atom. The number of allylic oxidation sites excluding steroid dienone is 1. The van der Waals surface area contributed by atoms with Crippen molar-refractivity contribution in [3.8, 4) is 11.5 Å². The summed E-state index contributed by atoms with van der Waals surface area (Å²) in [5.74, 6) is -2.93. The van der Waals surface area contributed by atoms with Crippen LogP contribution in [0.15, 0.2) is 102 Å². The number of aliphatic hydroxyl groups is 2. The molecule has 1 unspecified atom stereocenters. The van der Waals surface area contributed by atoms with Gasteiger partial charge >= 0.3 is 6.09 Å². The third kappa shape index (κ3) is 16.1. The van der Waals surface area contributed by atoms with Gasteiger partial charge in [-0.25, -0.2) is 9.18 Å². The number of aliphatic hydroxyl groups excluding tert-OH is 2. The molecule has 3 aromatic rings. The molecule has 0 aromatic heterocycles. The van der Waals surface area contributed by atoms with Crippen LogP contribution >= 0.6 is 0 Å². The standard InChI is InChI=1S/C61H81FN4O11/c1-3-5-6-7-8-9-10-11-12-16-35-63-60(70)75-49-32-33-54-52(41-49)58-50(21-14-18-37-68)46(20-13-17-36-67)40-51-53(64-77-57-22-15-19-39-73-57)42-55(61(76-54,59(51)58)74-38-4-2)65(43-45-23-28-47(62)29-24-45)56(69)34-27-44-25-30-48(31-26-44)66(71)72/h4,23-34,40-41,46,50,55,57-59,67-68H,2-3,5-22,35-39,42-43H2,1H3,(H,63,70)/t46-,50+,55-,57?,58+,59+,61+/m0/s1. The van der Waals surface area contributed by atoms with Gasteiger partial charge in [0.05, 0.1) is 29.8 Å². The lowest BCUT2D eigenvalue weighted by Gasteiger charge is -2.60. The minimum absolute atomic E-state index is 0.00909. The molecule has 1 saturated carbocycles. The summed E-state index contributed by atoms with van der Waals surface area (Å²) in [6.45, 7) is 7.36. The molecular formula is C61H81FN4O11. The maximum atomic E-state index is 15.3. The number of nitro benzene ring substituents is 1. The van der Waals surface area contributed by atoms with E-state index >= 15 is 4.79 Å². The van der Waals surface area contributed by atoms with Gasteiger partial charge < -0.3 is 44.2 Å². The van der Waals surface area contributed by atoms with Crippen molar-refractivity contribution in [3.05, 3.63) is 130 Å². The Balaban J connectivity index is 1.31. The number of ether oxygens (including phenoxy) is 4. The molecule has 7 atom stereocenters. The molecule has 418 valence electrons. The summed E-state index contributed by atoms with van der Waals surface area (Å²) in [5, 5.41) is 39.5. The summed E-state index contributed by atoms with van der Waals surface area (Å²) < 4.78 is 41.2. The molecule has 2 aliphatic heterocycles. The van der Waals surface area contributed by atoms with Gasteiger partial charge in [-0.15, -0.1) is 6.58 Å². The first-order valence-electron chi connectivity index (χ1n) is 28.4. The Hall–Kier alpha value is -5.94. The Bertz CT molecular complexity index is 2460. The van der Waals surface area contributed by atoms with Gasteiger partial charge in [-0.2, -0.15) is 0 Å². The van der Waals surface area contributed by atoms with Crippen LogP contribution in [0, 0.1) is 33.7 Å². The van der Waals surface area contributed by atoms with E-state index in [1.165, 1.54) is 75.3 Å². The average molecular weight is 1070 g/mol. The number of carbonyl (C=O) groups excluding carboxylic acids is 2. The SMILES string of the molecule is C=CCO[C@@]12Oc3ccc(OC(=O)NCCCCCCCCCCCC)cc3[C@H]3[C@H](CCCCO)[C@@H](CCCCO)C=C(C(=NOC4CCCCO4)C[C@@H]1N(Cc1ccc(F)cc1)C(=O)C=Cc1ccc([N+](=O)[O-])cc1)[C@H]32. The summed E-state index contributed by atoms with van der Waals surface area (Å²) in [6, 6.07) is 16.3. The zero-order valence-corrected chi connectivity index (χ0v) is 45.0. The monoisotopic (exact) mass is 1060 g/mol. The maximum Gasteiger partial charge on any atom is 0.412 e. The van der Waals surface area contributed by atoms with E-state index in [1.807, 2.05) is 6.07 Å². The molecule has 3 aromatic carbocycles. The predicted octanol–water partition coefficient (Wildman–Crippen LogP) is 12.6. The first kappa shape index (κ1) is 58.7. The van der Waals surface area contributed by atoms with Crippen molar-refractivity contribution < 1.29 is 52.9 Å². The second-order valence-corrected chi connectivity index (χ2v) is 20.9. The summed E-state index contributed by atoms with van der Waals surface area (Å²) in [5.41, 5.74) is 3.27. The van der Waals surface area contributed by atoms with Crippen LogP contribution in [0.1, 0.15) is 158 Å². The fraction of sp³-hybridized carbons (Fsp3) is 0.557. The van der Waals surface area contributed by atoms with Crippen LogP contribution < -0.4 is 14.8 Å². The number of oxime groups is 1. The molecule has 1 saturated heterocycles. The van der Waals surface area contributed by atoms with E-state index in [1.54, 1.807) is 53.5 Å². The molecule has 3 N–H and O–H groups in total. The summed E-state index contributed by atoms with van der Waals surface area (Å²) >= 11 is 0. The van der Waals surface area contributed by atoms with Gasteiger partial charge in [0.25, 0.3) is 5.69 Å². The van der Waals surface area contributed by atoms with Crippen molar-refractivity contribution in [3.63, 3.8) is 0 Å². The largest absolute Gasteiger partial charge is 0.459 e. The highest BCUT2D eigenvalue weighted by atomic mass is 19.1. The minimum Gasteiger partial charge on any atom is -0.459 e. The summed E-state index contributed by atoms with van der Waals surface area (Å²) in [6.07, 6.45) is 24.2. The van der Waals surface area contributed by atoms with Crippen molar-refractivity contribution in [2.24, 2.45) is 22.9 Å². The van der Waals surface area contributed by atoms with Gasteiger partial charge in [0.1, 0.15) is 23.4 Å². The number of non-ortho nitro benzene ring substituents is 1. The fourth-order valence-corrected chi connectivity index (χ4v) is 11.7. The second kappa shape index (κ2) is 30.3. The van der Waals surface area contributed by atoms with E-state index in [-0.39, 0.29) is 50.3 Å². The third-order valence-electron chi connectivity index (χ3n) is 15.5. The number of nitrogens with zero attached hydrogens (tertiary/aromatic N) is 3. The molecule has 4 aliphatic rings. The summed E-state index contributed by atoms with van der Waals surface area (Å²) in [7, 11) is 0. The molecule has 15 nitrogen and oxygen atoms in total. The lowest BCUT2D eigenvalue weighted by Crippen LogP contribution is -2.70. The highest BCUT2D eigenvalue weighted by Crippen LogP contribution is 2.62. The Kier molecular flexibility index (Phi) is 23.1. The highest BCUT2D eigenvalue weighted by molar-refractivity contribution is 6.03. The Labute approximate surface area is 454 Å². The number of nitro groups is 1. The zero-order valence-electron chi connectivity index (χ0n) is 45.0. The Morgan fingerprint density at radius 1 is 0.922 bits per heavy atom. The van der Waals surface area contributed by atoms with Gasteiger partial charge in [-0.3, -0.25) is 14.9 Å². The summed E-state index contributed by atoms with van der Waals surface area (Å²) in [4.78, 5) is 47.7. The van der Waals surface area contributed by atoms with E-state index in [0.717, 1.165) is 56.1 Å². The number of fused-ring (bicyclic) bond motifs is 2. The molecule has 0 radical (unpaired) electrons. The molecule has 16 heteroatoms. The molecule has 2 fully saturated rings. The fourth-order valence-electron chi connectivity index (χ4n) is 11.7. The van der Waals surface area contributed by atoms with Gasteiger partial charge in [0, 0.05) is 68.8 Å². The van der Waals surface area contributed by atoms with E-state index in [9.17, 15) is 29.5 Å². The van der Waals surface area contributed by atoms with Crippen LogP contribution in [-0.2, 0) is 25.7 Å². The number of hydrogen-bond acceptors (Lipinski definition) is 12.